The van der Waals surface area contributed by atoms with Gasteiger partial charge in [-0.15, -0.1) is 0 Å². The number of aliphatic carboxylic acids is 2. The molecule has 2 saturated heterocycles. The summed E-state index contributed by atoms with van der Waals surface area (Å²) in [5, 5.41) is 21.5. The highest BCUT2D eigenvalue weighted by atomic mass is 16.4. The second kappa shape index (κ2) is 6.01. The second-order valence-corrected chi connectivity index (χ2v) is 6.27. The zero-order valence-corrected chi connectivity index (χ0v) is 12.2. The molecule has 0 aliphatic carbocycles. The van der Waals surface area contributed by atoms with E-state index in [9.17, 15) is 19.5 Å². The minimum atomic E-state index is -1.15. The molecule has 0 aromatic heterocycles. The van der Waals surface area contributed by atoms with Crippen LogP contribution in [0.15, 0.2) is 0 Å². The first-order chi connectivity index (χ1) is 9.85. The number of likely N-dealkylation sites (tertiary alicyclic amines) is 1. The molecule has 3 atom stereocenters. The molecular weight excluding hydrogens is 276 g/mol. The lowest BCUT2D eigenvalue weighted by Gasteiger charge is -2.41. The van der Waals surface area contributed by atoms with E-state index >= 15 is 0 Å². The van der Waals surface area contributed by atoms with Gasteiger partial charge in [0.15, 0.2) is 0 Å². The molecule has 7 nitrogen and oxygen atoms in total. The van der Waals surface area contributed by atoms with E-state index in [1.807, 2.05) is 6.92 Å². The number of carboxylic acids is 2. The van der Waals surface area contributed by atoms with Crippen LogP contribution >= 0.6 is 0 Å². The summed E-state index contributed by atoms with van der Waals surface area (Å²) in [6.07, 6.45) is 1.88. The van der Waals surface area contributed by atoms with Crippen LogP contribution in [0.5, 0.6) is 0 Å². The van der Waals surface area contributed by atoms with E-state index in [1.54, 1.807) is 0 Å². The number of amides is 1. The molecule has 2 aliphatic rings. The number of carbonyl (C=O) groups excluding carboxylic acids is 1. The first-order valence-corrected chi connectivity index (χ1v) is 7.31. The summed E-state index contributed by atoms with van der Waals surface area (Å²) in [6, 6.07) is 0. The highest BCUT2D eigenvalue weighted by Crippen LogP contribution is 2.32. The summed E-state index contributed by atoms with van der Waals surface area (Å²) in [7, 11) is 0. The van der Waals surface area contributed by atoms with Crippen molar-refractivity contribution in [1.82, 2.24) is 10.2 Å². The number of carboxylic acid groups (broad SMARTS) is 2. The van der Waals surface area contributed by atoms with Gasteiger partial charge in [-0.3, -0.25) is 14.4 Å². The van der Waals surface area contributed by atoms with Gasteiger partial charge in [-0.25, -0.2) is 0 Å². The van der Waals surface area contributed by atoms with Crippen molar-refractivity contribution in [3.8, 4) is 0 Å². The van der Waals surface area contributed by atoms with Gasteiger partial charge in [0, 0.05) is 19.6 Å². The van der Waals surface area contributed by atoms with Gasteiger partial charge in [-0.1, -0.05) is 0 Å². The zero-order chi connectivity index (χ0) is 15.6. The first kappa shape index (κ1) is 15.8. The van der Waals surface area contributed by atoms with Crippen molar-refractivity contribution in [3.05, 3.63) is 0 Å². The van der Waals surface area contributed by atoms with Gasteiger partial charge >= 0.3 is 11.9 Å². The largest absolute Gasteiger partial charge is 0.481 e. The van der Waals surface area contributed by atoms with Crippen molar-refractivity contribution in [2.45, 2.75) is 26.2 Å². The van der Waals surface area contributed by atoms with E-state index in [-0.39, 0.29) is 18.9 Å². The predicted molar refractivity (Wildman–Crippen MR) is 73.7 cm³/mol. The Morgan fingerprint density at radius 2 is 1.86 bits per heavy atom. The van der Waals surface area contributed by atoms with Crippen LogP contribution in [0.3, 0.4) is 0 Å². The Hall–Kier alpha value is -1.63. The standard InChI is InChI=1S/C14H22N2O5/c1-14(4-2-5-15-8-14)13(21)16-6-3-9(11(17)18)10(7-16)12(19)20/h9-10,15H,2-8H2,1H3,(H,17,18)(H,19,20). The average Bonchev–Trinajstić information content (AvgIpc) is 2.46. The van der Waals surface area contributed by atoms with Crippen molar-refractivity contribution < 1.29 is 24.6 Å². The Bertz CT molecular complexity index is 445. The summed E-state index contributed by atoms with van der Waals surface area (Å²) in [6.45, 7) is 3.67. The third kappa shape index (κ3) is 3.18. The number of nitrogens with one attached hydrogen (secondary N) is 1. The van der Waals surface area contributed by atoms with Crippen LogP contribution in [0.25, 0.3) is 0 Å². The highest BCUT2D eigenvalue weighted by Gasteiger charge is 2.44. The lowest BCUT2D eigenvalue weighted by atomic mass is 9.79. The Kier molecular flexibility index (Phi) is 4.51. The summed E-state index contributed by atoms with van der Waals surface area (Å²) >= 11 is 0. The molecular formula is C14H22N2O5. The lowest BCUT2D eigenvalue weighted by molar-refractivity contribution is -0.161. The van der Waals surface area contributed by atoms with E-state index in [2.05, 4.69) is 5.32 Å². The highest BCUT2D eigenvalue weighted by molar-refractivity contribution is 5.85. The van der Waals surface area contributed by atoms with Crippen LogP contribution in [-0.2, 0) is 14.4 Å². The van der Waals surface area contributed by atoms with Gasteiger partial charge in [0.05, 0.1) is 17.3 Å². The Balaban J connectivity index is 2.09. The quantitative estimate of drug-likeness (QED) is 0.677. The van der Waals surface area contributed by atoms with Crippen molar-refractivity contribution in [3.63, 3.8) is 0 Å². The topological polar surface area (TPSA) is 107 Å². The summed E-state index contributed by atoms with van der Waals surface area (Å²) in [5.74, 6) is -4.25. The summed E-state index contributed by atoms with van der Waals surface area (Å²) in [4.78, 5) is 36.6. The Labute approximate surface area is 123 Å². The van der Waals surface area contributed by atoms with Gasteiger partial charge in [0.1, 0.15) is 0 Å². The molecule has 3 N–H and O–H groups in total. The average molecular weight is 298 g/mol. The van der Waals surface area contributed by atoms with Gasteiger partial charge in [-0.2, -0.15) is 0 Å². The molecule has 1 amide bonds. The van der Waals surface area contributed by atoms with E-state index in [4.69, 9.17) is 5.11 Å². The molecule has 0 spiro atoms. The van der Waals surface area contributed by atoms with E-state index in [0.717, 1.165) is 19.4 Å². The molecule has 2 rings (SSSR count). The molecule has 0 saturated carbocycles. The molecule has 0 aromatic carbocycles. The fourth-order valence-corrected chi connectivity index (χ4v) is 3.30. The molecule has 118 valence electrons. The Morgan fingerprint density at radius 1 is 1.19 bits per heavy atom. The molecule has 0 radical (unpaired) electrons. The van der Waals surface area contributed by atoms with Gasteiger partial charge in [0.2, 0.25) is 5.91 Å². The number of hydrogen-bond donors (Lipinski definition) is 3. The van der Waals surface area contributed by atoms with E-state index in [1.165, 1.54) is 4.90 Å². The molecule has 0 bridgehead atoms. The first-order valence-electron chi connectivity index (χ1n) is 7.31. The molecule has 2 fully saturated rings. The fraction of sp³-hybridized carbons (Fsp3) is 0.786. The maximum absolute atomic E-state index is 12.7. The van der Waals surface area contributed by atoms with Gasteiger partial charge in [-0.05, 0) is 32.7 Å². The van der Waals surface area contributed by atoms with E-state index in [0.29, 0.717) is 13.1 Å². The van der Waals surface area contributed by atoms with Gasteiger partial charge < -0.3 is 20.4 Å². The minimum absolute atomic E-state index is 0.0132. The van der Waals surface area contributed by atoms with E-state index < -0.39 is 29.2 Å². The van der Waals surface area contributed by atoms with Crippen molar-refractivity contribution in [1.29, 1.82) is 0 Å². The third-order valence-corrected chi connectivity index (χ3v) is 4.65. The molecule has 21 heavy (non-hydrogen) atoms. The number of nitrogens with zero attached hydrogens (tertiary/aromatic N) is 1. The van der Waals surface area contributed by atoms with Gasteiger partial charge in [0.25, 0.3) is 0 Å². The summed E-state index contributed by atoms with van der Waals surface area (Å²) < 4.78 is 0. The maximum Gasteiger partial charge on any atom is 0.309 e. The van der Waals surface area contributed by atoms with Crippen LogP contribution in [0.4, 0.5) is 0 Å². The smallest absolute Gasteiger partial charge is 0.309 e. The van der Waals surface area contributed by atoms with Crippen LogP contribution in [0, 0.1) is 17.3 Å². The number of rotatable bonds is 3. The SMILES string of the molecule is CC1(C(=O)N2CCC(C(=O)O)C(C(=O)O)C2)CCCNC1. The normalized spacial score (nSPS) is 33.5. The summed E-state index contributed by atoms with van der Waals surface area (Å²) in [5.41, 5.74) is -0.517. The van der Waals surface area contributed by atoms with Crippen molar-refractivity contribution in [2.75, 3.05) is 26.2 Å². The maximum atomic E-state index is 12.7. The molecule has 2 aliphatic heterocycles. The van der Waals surface area contributed by atoms with Crippen molar-refractivity contribution >= 4 is 17.8 Å². The number of hydrogen-bond acceptors (Lipinski definition) is 4. The fourth-order valence-electron chi connectivity index (χ4n) is 3.30. The number of carbonyl (C=O) groups is 3. The third-order valence-electron chi connectivity index (χ3n) is 4.65. The number of piperidine rings is 2. The van der Waals surface area contributed by atoms with Crippen LogP contribution in [0.2, 0.25) is 0 Å². The zero-order valence-electron chi connectivity index (χ0n) is 12.2. The molecule has 2 heterocycles. The van der Waals surface area contributed by atoms with Crippen LogP contribution in [0.1, 0.15) is 26.2 Å². The van der Waals surface area contributed by atoms with Crippen LogP contribution in [-0.4, -0.2) is 59.1 Å². The minimum Gasteiger partial charge on any atom is -0.481 e. The van der Waals surface area contributed by atoms with Crippen LogP contribution < -0.4 is 5.32 Å². The monoisotopic (exact) mass is 298 g/mol. The Morgan fingerprint density at radius 3 is 2.38 bits per heavy atom. The van der Waals surface area contributed by atoms with Crippen molar-refractivity contribution in [2.24, 2.45) is 17.3 Å². The lowest BCUT2D eigenvalue weighted by Crippen LogP contribution is -2.55. The molecule has 3 unspecified atom stereocenters. The second-order valence-electron chi connectivity index (χ2n) is 6.27. The predicted octanol–water partition coefficient (Wildman–Crippen LogP) is 0.0100. The molecule has 0 aromatic rings. The molecule has 7 heteroatoms.